The molecule has 0 atom stereocenters. The van der Waals surface area contributed by atoms with Gasteiger partial charge >= 0.3 is 0 Å². The van der Waals surface area contributed by atoms with Gasteiger partial charge in [0, 0.05) is 0 Å². The van der Waals surface area contributed by atoms with Crippen molar-refractivity contribution < 1.29 is 5.21 Å². The number of rotatable bonds is 0. The predicted molar refractivity (Wildman–Crippen MR) is 32.8 cm³/mol. The zero-order valence-corrected chi connectivity index (χ0v) is 4.78. The SMILES string of the molecule is NC1=CN=C=CCN1O. The van der Waals surface area contributed by atoms with E-state index in [0.717, 1.165) is 5.06 Å². The Morgan fingerprint density at radius 2 is 2.67 bits per heavy atom. The maximum Gasteiger partial charge on any atom is 0.143 e. The highest BCUT2D eigenvalue weighted by molar-refractivity contribution is 5.53. The summed E-state index contributed by atoms with van der Waals surface area (Å²) in [4.78, 5) is 3.61. The summed E-state index contributed by atoms with van der Waals surface area (Å²) in [5, 5.41) is 9.76. The number of hydroxylamine groups is 2. The minimum atomic E-state index is 0.233. The average Bonchev–Trinajstić information content (AvgIpc) is 1.99. The van der Waals surface area contributed by atoms with Crippen LogP contribution in [0.15, 0.2) is 23.1 Å². The number of hydrogen-bond donors (Lipinski definition) is 2. The third-order valence-electron chi connectivity index (χ3n) is 0.925. The minimum absolute atomic E-state index is 0.233. The second-order valence-electron chi connectivity index (χ2n) is 1.60. The Kier molecular flexibility index (Phi) is 1.53. The first-order valence-corrected chi connectivity index (χ1v) is 2.50. The molecule has 0 amide bonds. The van der Waals surface area contributed by atoms with E-state index in [2.05, 4.69) is 10.9 Å². The molecular formula is C5H7N3O. The van der Waals surface area contributed by atoms with Crippen LogP contribution in [0.3, 0.4) is 0 Å². The van der Waals surface area contributed by atoms with Crippen molar-refractivity contribution in [1.29, 1.82) is 0 Å². The second-order valence-corrected chi connectivity index (χ2v) is 1.60. The first-order chi connectivity index (χ1) is 4.30. The molecule has 1 heterocycles. The Morgan fingerprint density at radius 3 is 3.44 bits per heavy atom. The number of aliphatic imine (C=N–C) groups is 1. The van der Waals surface area contributed by atoms with Crippen LogP contribution in [0, 0.1) is 0 Å². The van der Waals surface area contributed by atoms with Crippen LogP contribution in [0.5, 0.6) is 0 Å². The molecule has 0 aromatic carbocycles. The smallest absolute Gasteiger partial charge is 0.143 e. The molecule has 48 valence electrons. The van der Waals surface area contributed by atoms with Crippen LogP contribution in [-0.4, -0.2) is 22.7 Å². The van der Waals surface area contributed by atoms with E-state index in [1.165, 1.54) is 6.20 Å². The lowest BCUT2D eigenvalue weighted by atomic mass is 10.6. The lowest BCUT2D eigenvalue weighted by Gasteiger charge is -2.11. The lowest BCUT2D eigenvalue weighted by molar-refractivity contribution is -0.0452. The van der Waals surface area contributed by atoms with Crippen LogP contribution in [0.25, 0.3) is 0 Å². The van der Waals surface area contributed by atoms with Gasteiger partial charge < -0.3 is 5.73 Å². The van der Waals surface area contributed by atoms with Crippen LogP contribution in [0.1, 0.15) is 0 Å². The van der Waals surface area contributed by atoms with E-state index < -0.39 is 0 Å². The second kappa shape index (κ2) is 2.35. The Labute approximate surface area is 52.6 Å². The van der Waals surface area contributed by atoms with Gasteiger partial charge in [0.25, 0.3) is 0 Å². The monoisotopic (exact) mass is 125 g/mol. The number of hydrogen-bond acceptors (Lipinski definition) is 4. The van der Waals surface area contributed by atoms with Crippen LogP contribution >= 0.6 is 0 Å². The van der Waals surface area contributed by atoms with Crippen LogP contribution in [0.2, 0.25) is 0 Å². The van der Waals surface area contributed by atoms with Gasteiger partial charge in [-0.05, 0) is 11.9 Å². The largest absolute Gasteiger partial charge is 0.382 e. The average molecular weight is 125 g/mol. The Hall–Kier alpha value is -1.25. The summed E-state index contributed by atoms with van der Waals surface area (Å²) in [5.74, 6) is 2.78. The van der Waals surface area contributed by atoms with Gasteiger partial charge in [-0.3, -0.25) is 5.21 Å². The minimum Gasteiger partial charge on any atom is -0.382 e. The molecule has 1 rings (SSSR count). The summed E-state index contributed by atoms with van der Waals surface area (Å²) in [6.45, 7) is 0.339. The van der Waals surface area contributed by atoms with Gasteiger partial charge in [0.1, 0.15) is 5.82 Å². The summed E-state index contributed by atoms with van der Waals surface area (Å²) in [7, 11) is 0. The molecule has 1 aliphatic heterocycles. The summed E-state index contributed by atoms with van der Waals surface area (Å²) in [5.41, 5.74) is 5.26. The van der Waals surface area contributed by atoms with Gasteiger partial charge in [-0.15, -0.1) is 0 Å². The highest BCUT2D eigenvalue weighted by Crippen LogP contribution is 1.93. The Morgan fingerprint density at radius 1 is 1.89 bits per heavy atom. The van der Waals surface area contributed by atoms with Crippen molar-refractivity contribution in [2.45, 2.75) is 0 Å². The Bertz CT molecular complexity index is 190. The van der Waals surface area contributed by atoms with E-state index in [-0.39, 0.29) is 5.82 Å². The fourth-order valence-corrected chi connectivity index (χ4v) is 0.455. The summed E-state index contributed by atoms with van der Waals surface area (Å²) in [6.07, 6.45) is 2.92. The number of nitrogens with two attached hydrogens (primary N) is 1. The zero-order valence-electron chi connectivity index (χ0n) is 4.78. The van der Waals surface area contributed by atoms with Crippen LogP contribution in [-0.2, 0) is 0 Å². The summed E-state index contributed by atoms with van der Waals surface area (Å²) in [6, 6.07) is 0. The molecule has 0 bridgehead atoms. The fraction of sp³-hybridized carbons (Fsp3) is 0.200. The molecule has 1 aliphatic rings. The van der Waals surface area contributed by atoms with Crippen molar-refractivity contribution in [3.05, 3.63) is 18.1 Å². The Balaban J connectivity index is 2.80. The normalized spacial score (nSPS) is 17.4. The van der Waals surface area contributed by atoms with Crippen molar-refractivity contribution in [2.75, 3.05) is 6.54 Å². The fourth-order valence-electron chi connectivity index (χ4n) is 0.455. The lowest BCUT2D eigenvalue weighted by Crippen LogP contribution is -2.23. The van der Waals surface area contributed by atoms with Crippen molar-refractivity contribution >= 4 is 5.87 Å². The zero-order chi connectivity index (χ0) is 6.69. The first-order valence-electron chi connectivity index (χ1n) is 2.50. The molecule has 4 nitrogen and oxygen atoms in total. The maximum atomic E-state index is 8.87. The molecule has 0 saturated carbocycles. The highest BCUT2D eigenvalue weighted by atomic mass is 16.5. The quantitative estimate of drug-likeness (QED) is 0.466. The molecule has 0 unspecified atom stereocenters. The van der Waals surface area contributed by atoms with Crippen molar-refractivity contribution in [3.8, 4) is 0 Å². The van der Waals surface area contributed by atoms with Gasteiger partial charge in [-0.25, -0.2) is 10.1 Å². The third kappa shape index (κ3) is 1.32. The molecule has 0 spiro atoms. The topological polar surface area (TPSA) is 61.8 Å². The molecule has 0 radical (unpaired) electrons. The third-order valence-corrected chi connectivity index (χ3v) is 0.925. The molecule has 3 N–H and O–H groups in total. The van der Waals surface area contributed by atoms with Gasteiger partial charge in [-0.2, -0.15) is 0 Å². The molecule has 9 heavy (non-hydrogen) atoms. The highest BCUT2D eigenvalue weighted by Gasteiger charge is 1.98. The predicted octanol–water partition coefficient (Wildman–Crippen LogP) is -0.325. The van der Waals surface area contributed by atoms with Crippen LogP contribution < -0.4 is 5.73 Å². The van der Waals surface area contributed by atoms with E-state index >= 15 is 0 Å². The van der Waals surface area contributed by atoms with Gasteiger partial charge in [-0.1, -0.05) is 0 Å². The van der Waals surface area contributed by atoms with Crippen LogP contribution in [0.4, 0.5) is 0 Å². The molecule has 0 aliphatic carbocycles. The molecule has 0 fully saturated rings. The molecule has 0 saturated heterocycles. The maximum absolute atomic E-state index is 8.87. The van der Waals surface area contributed by atoms with Crippen molar-refractivity contribution in [3.63, 3.8) is 0 Å². The van der Waals surface area contributed by atoms with Crippen molar-refractivity contribution in [2.24, 2.45) is 10.7 Å². The molecule has 4 heteroatoms. The van der Waals surface area contributed by atoms with E-state index in [0.29, 0.717) is 6.54 Å². The summed E-state index contributed by atoms with van der Waals surface area (Å²) >= 11 is 0. The molecule has 0 aromatic rings. The van der Waals surface area contributed by atoms with E-state index in [1.54, 1.807) is 6.08 Å². The molecular weight excluding hydrogens is 118 g/mol. The first kappa shape index (κ1) is 5.88. The van der Waals surface area contributed by atoms with Gasteiger partial charge in [0.05, 0.1) is 12.7 Å². The summed E-state index contributed by atoms with van der Waals surface area (Å²) < 4.78 is 0. The van der Waals surface area contributed by atoms with E-state index in [1.807, 2.05) is 0 Å². The standard InChI is InChI=1S/C5H7N3O/c6-5-4-7-2-1-3-8(5)9/h1,4,9H,3,6H2. The van der Waals surface area contributed by atoms with E-state index in [9.17, 15) is 0 Å². The van der Waals surface area contributed by atoms with Gasteiger partial charge in [0.15, 0.2) is 0 Å². The van der Waals surface area contributed by atoms with Gasteiger partial charge in [0.2, 0.25) is 0 Å². The number of nitrogens with zero attached hydrogens (tertiary/aromatic N) is 2. The van der Waals surface area contributed by atoms with Crippen molar-refractivity contribution in [1.82, 2.24) is 5.06 Å². The molecule has 0 aromatic heterocycles. The van der Waals surface area contributed by atoms with E-state index in [4.69, 9.17) is 10.9 Å².